The molecule has 0 bridgehead atoms. The van der Waals surface area contributed by atoms with Crippen molar-refractivity contribution in [3.8, 4) is 17.4 Å². The van der Waals surface area contributed by atoms with Gasteiger partial charge in [0.1, 0.15) is 11.5 Å². The van der Waals surface area contributed by atoms with Gasteiger partial charge in [-0.1, -0.05) is 6.07 Å². The maximum atomic E-state index is 5.16. The molecule has 0 saturated carbocycles. The van der Waals surface area contributed by atoms with E-state index in [1.54, 1.807) is 7.11 Å². The van der Waals surface area contributed by atoms with Gasteiger partial charge in [0.05, 0.1) is 7.11 Å². The van der Waals surface area contributed by atoms with Gasteiger partial charge in [0.2, 0.25) is 5.88 Å². The second-order valence-corrected chi connectivity index (χ2v) is 4.77. The Hall–Kier alpha value is -2.17. The van der Waals surface area contributed by atoms with Gasteiger partial charge in [0, 0.05) is 23.9 Å². The molecule has 1 N–H and O–H groups in total. The minimum absolute atomic E-state index is 0.580. The lowest BCUT2D eigenvalue weighted by molar-refractivity contribution is 0.398. The predicted octanol–water partition coefficient (Wildman–Crippen LogP) is 2.47. The minimum atomic E-state index is 0.580. The fourth-order valence-electron chi connectivity index (χ4n) is 2.51. The van der Waals surface area contributed by atoms with Gasteiger partial charge in [0.25, 0.3) is 0 Å². The smallest absolute Gasteiger partial charge is 0.213 e. The third-order valence-corrected chi connectivity index (χ3v) is 3.44. The van der Waals surface area contributed by atoms with Crippen LogP contribution in [0.25, 0.3) is 11.5 Å². The van der Waals surface area contributed by atoms with Crippen molar-refractivity contribution in [1.82, 2.24) is 15.0 Å². The summed E-state index contributed by atoms with van der Waals surface area (Å²) in [5, 5.41) is 3.34. The molecule has 0 aromatic carbocycles. The topological polar surface area (TPSA) is 59.9 Å². The molecule has 0 amide bonds. The molecule has 0 radical (unpaired) electrons. The maximum absolute atomic E-state index is 5.16. The number of pyridine rings is 1. The van der Waals surface area contributed by atoms with Crippen LogP contribution in [0.2, 0.25) is 0 Å². The molecule has 2 aromatic rings. The van der Waals surface area contributed by atoms with Crippen LogP contribution in [0, 0.1) is 0 Å². The van der Waals surface area contributed by atoms with Crippen molar-refractivity contribution in [2.75, 3.05) is 19.0 Å². The zero-order valence-electron chi connectivity index (χ0n) is 11.8. The molecule has 104 valence electrons. The number of hydrogen-bond donors (Lipinski definition) is 1. The van der Waals surface area contributed by atoms with E-state index in [0.717, 1.165) is 43.0 Å². The Labute approximate surface area is 118 Å². The molecule has 5 nitrogen and oxygen atoms in total. The van der Waals surface area contributed by atoms with Gasteiger partial charge in [-0.05, 0) is 32.3 Å². The van der Waals surface area contributed by atoms with Crippen molar-refractivity contribution >= 4 is 5.82 Å². The molecular formula is C15H18N4O. The van der Waals surface area contributed by atoms with Gasteiger partial charge in [-0.2, -0.15) is 0 Å². The van der Waals surface area contributed by atoms with Crippen molar-refractivity contribution in [2.45, 2.75) is 26.2 Å². The Balaban J connectivity index is 2.07. The summed E-state index contributed by atoms with van der Waals surface area (Å²) in [6, 6.07) is 5.64. The number of ether oxygens (including phenoxy) is 1. The van der Waals surface area contributed by atoms with Crippen molar-refractivity contribution < 1.29 is 4.74 Å². The Morgan fingerprint density at radius 3 is 2.90 bits per heavy atom. The van der Waals surface area contributed by atoms with E-state index in [4.69, 9.17) is 4.74 Å². The van der Waals surface area contributed by atoms with Crippen LogP contribution in [-0.4, -0.2) is 28.6 Å². The zero-order valence-corrected chi connectivity index (χ0v) is 11.8. The first-order valence-electron chi connectivity index (χ1n) is 6.97. The number of methoxy groups -OCH3 is 1. The van der Waals surface area contributed by atoms with Crippen molar-refractivity contribution in [2.24, 2.45) is 0 Å². The van der Waals surface area contributed by atoms with Crippen LogP contribution < -0.4 is 10.1 Å². The van der Waals surface area contributed by atoms with Crippen LogP contribution in [-0.2, 0) is 12.8 Å². The number of aryl methyl sites for hydroxylation is 1. The Morgan fingerprint density at radius 1 is 1.20 bits per heavy atom. The first-order valence-corrected chi connectivity index (χ1v) is 6.97. The lowest BCUT2D eigenvalue weighted by atomic mass is 10.2. The highest BCUT2D eigenvalue weighted by Gasteiger charge is 2.20. The first kappa shape index (κ1) is 12.8. The number of hydrogen-bond acceptors (Lipinski definition) is 5. The van der Waals surface area contributed by atoms with Crippen LogP contribution in [0.3, 0.4) is 0 Å². The number of nitrogens with zero attached hydrogens (tertiary/aromatic N) is 3. The number of anilines is 1. The average Bonchev–Trinajstić information content (AvgIpc) is 2.96. The SMILES string of the molecule is CCNc1nc(-c2cccc(OC)n2)nc2c1CCC2. The van der Waals surface area contributed by atoms with Gasteiger partial charge < -0.3 is 10.1 Å². The lowest BCUT2D eigenvalue weighted by Crippen LogP contribution is -2.07. The van der Waals surface area contributed by atoms with Gasteiger partial charge in [0.15, 0.2) is 5.82 Å². The monoisotopic (exact) mass is 270 g/mol. The van der Waals surface area contributed by atoms with Gasteiger partial charge in [-0.25, -0.2) is 15.0 Å². The number of nitrogens with one attached hydrogen (secondary N) is 1. The van der Waals surface area contributed by atoms with Crippen molar-refractivity contribution in [3.05, 3.63) is 29.5 Å². The molecule has 0 spiro atoms. The Kier molecular flexibility index (Phi) is 3.50. The molecule has 1 aliphatic carbocycles. The van der Waals surface area contributed by atoms with E-state index in [1.165, 1.54) is 5.56 Å². The third-order valence-electron chi connectivity index (χ3n) is 3.44. The van der Waals surface area contributed by atoms with Crippen LogP contribution in [0.1, 0.15) is 24.6 Å². The number of aromatic nitrogens is 3. The van der Waals surface area contributed by atoms with Crippen LogP contribution in [0.5, 0.6) is 5.88 Å². The van der Waals surface area contributed by atoms with Crippen LogP contribution >= 0.6 is 0 Å². The predicted molar refractivity (Wildman–Crippen MR) is 78.0 cm³/mol. The van der Waals surface area contributed by atoms with Gasteiger partial charge in [-0.15, -0.1) is 0 Å². The lowest BCUT2D eigenvalue weighted by Gasteiger charge is -2.11. The highest BCUT2D eigenvalue weighted by molar-refractivity contribution is 5.58. The fourth-order valence-corrected chi connectivity index (χ4v) is 2.51. The summed E-state index contributed by atoms with van der Waals surface area (Å²) < 4.78 is 5.16. The van der Waals surface area contributed by atoms with E-state index in [2.05, 4.69) is 27.2 Å². The Bertz CT molecular complexity index is 627. The summed E-state index contributed by atoms with van der Waals surface area (Å²) in [7, 11) is 1.61. The summed E-state index contributed by atoms with van der Waals surface area (Å²) in [4.78, 5) is 13.7. The standard InChI is InChI=1S/C15H18N4O/c1-3-16-14-10-6-4-7-11(10)18-15(19-14)12-8-5-9-13(17-12)20-2/h5,8-9H,3-4,6-7H2,1-2H3,(H,16,18,19). The minimum Gasteiger partial charge on any atom is -0.481 e. The van der Waals surface area contributed by atoms with Crippen molar-refractivity contribution in [1.29, 1.82) is 0 Å². The summed E-state index contributed by atoms with van der Waals surface area (Å²) in [5.74, 6) is 2.20. The molecule has 0 fully saturated rings. The summed E-state index contributed by atoms with van der Waals surface area (Å²) in [5.41, 5.74) is 3.16. The molecule has 0 saturated heterocycles. The van der Waals surface area contributed by atoms with E-state index in [9.17, 15) is 0 Å². The second-order valence-electron chi connectivity index (χ2n) is 4.77. The zero-order chi connectivity index (χ0) is 13.9. The molecular weight excluding hydrogens is 252 g/mol. The molecule has 1 aliphatic rings. The first-order chi connectivity index (χ1) is 9.81. The highest BCUT2D eigenvalue weighted by atomic mass is 16.5. The number of rotatable bonds is 4. The van der Waals surface area contributed by atoms with E-state index in [0.29, 0.717) is 11.7 Å². The fraction of sp³-hybridized carbons (Fsp3) is 0.400. The van der Waals surface area contributed by atoms with Crippen molar-refractivity contribution in [3.63, 3.8) is 0 Å². The normalized spacial score (nSPS) is 13.1. The molecule has 2 aromatic heterocycles. The molecule has 0 unspecified atom stereocenters. The largest absolute Gasteiger partial charge is 0.481 e. The second kappa shape index (κ2) is 5.45. The molecule has 5 heteroatoms. The highest BCUT2D eigenvalue weighted by Crippen LogP contribution is 2.29. The molecule has 20 heavy (non-hydrogen) atoms. The van der Waals surface area contributed by atoms with E-state index >= 15 is 0 Å². The summed E-state index contributed by atoms with van der Waals surface area (Å²) >= 11 is 0. The van der Waals surface area contributed by atoms with E-state index in [-0.39, 0.29) is 0 Å². The molecule has 0 atom stereocenters. The van der Waals surface area contributed by atoms with E-state index in [1.807, 2.05) is 18.2 Å². The Morgan fingerprint density at radius 2 is 2.10 bits per heavy atom. The van der Waals surface area contributed by atoms with E-state index < -0.39 is 0 Å². The summed E-state index contributed by atoms with van der Waals surface area (Å²) in [6.45, 7) is 2.93. The van der Waals surface area contributed by atoms with Gasteiger partial charge >= 0.3 is 0 Å². The van der Waals surface area contributed by atoms with Crippen LogP contribution in [0.15, 0.2) is 18.2 Å². The quantitative estimate of drug-likeness (QED) is 0.924. The summed E-state index contributed by atoms with van der Waals surface area (Å²) in [6.07, 6.45) is 3.23. The van der Waals surface area contributed by atoms with Crippen LogP contribution in [0.4, 0.5) is 5.82 Å². The molecule has 3 rings (SSSR count). The average molecular weight is 270 g/mol. The number of fused-ring (bicyclic) bond motifs is 1. The van der Waals surface area contributed by atoms with Gasteiger partial charge in [-0.3, -0.25) is 0 Å². The maximum Gasteiger partial charge on any atom is 0.213 e. The third kappa shape index (κ3) is 2.31. The molecule has 0 aliphatic heterocycles. The molecule has 2 heterocycles.